The second-order valence-corrected chi connectivity index (χ2v) is 7.65. The smallest absolute Gasteiger partial charge is 0.259 e. The number of hydrogen-bond acceptors (Lipinski definition) is 5. The summed E-state index contributed by atoms with van der Waals surface area (Å²) in [6, 6.07) is 7.49. The quantitative estimate of drug-likeness (QED) is 0.707. The lowest BCUT2D eigenvalue weighted by molar-refractivity contribution is -0.116. The predicted molar refractivity (Wildman–Crippen MR) is 112 cm³/mol. The van der Waals surface area contributed by atoms with Crippen LogP contribution in [-0.2, 0) is 4.79 Å². The largest absolute Gasteiger partial charge is 0.336 e. The number of nitrogens with zero attached hydrogens (tertiary/aromatic N) is 3. The van der Waals surface area contributed by atoms with E-state index >= 15 is 0 Å². The van der Waals surface area contributed by atoms with Gasteiger partial charge in [-0.05, 0) is 49.9 Å². The molecule has 3 aromatic rings. The molecule has 0 atom stereocenters. The molecule has 29 heavy (non-hydrogen) atoms. The van der Waals surface area contributed by atoms with Crippen molar-refractivity contribution in [1.82, 2.24) is 15.0 Å². The number of amides is 2. The van der Waals surface area contributed by atoms with Crippen LogP contribution in [0.25, 0.3) is 11.1 Å². The summed E-state index contributed by atoms with van der Waals surface area (Å²) >= 11 is 0. The molecule has 0 unspecified atom stereocenters. The predicted octanol–water partition coefficient (Wildman–Crippen LogP) is 3.98. The van der Waals surface area contributed by atoms with Crippen molar-refractivity contribution < 1.29 is 14.1 Å². The molecule has 0 aliphatic heterocycles. The van der Waals surface area contributed by atoms with E-state index in [1.54, 1.807) is 20.0 Å². The van der Waals surface area contributed by atoms with Crippen LogP contribution in [0.5, 0.6) is 0 Å². The molecule has 7 heteroatoms. The third-order valence-electron chi connectivity index (χ3n) is 5.07. The fraction of sp³-hybridized carbons (Fsp3) is 0.364. The van der Waals surface area contributed by atoms with Gasteiger partial charge in [-0.15, -0.1) is 0 Å². The number of carbonyl (C=O) groups is 2. The number of rotatable bonds is 5. The molecule has 0 radical (unpaired) electrons. The molecule has 0 aliphatic carbocycles. The average molecular weight is 394 g/mol. The number of benzene rings is 1. The normalized spacial score (nSPS) is 11.1. The first kappa shape index (κ1) is 20.5. The molecule has 0 bridgehead atoms. The van der Waals surface area contributed by atoms with Crippen LogP contribution in [0.1, 0.15) is 52.6 Å². The molecule has 0 aliphatic rings. The third-order valence-corrected chi connectivity index (χ3v) is 5.07. The number of pyridine rings is 1. The Labute approximate surface area is 170 Å². The van der Waals surface area contributed by atoms with E-state index in [1.165, 1.54) is 4.90 Å². The monoisotopic (exact) mass is 394 g/mol. The van der Waals surface area contributed by atoms with E-state index in [0.29, 0.717) is 22.4 Å². The molecule has 2 aromatic heterocycles. The van der Waals surface area contributed by atoms with Crippen LogP contribution in [0.15, 0.2) is 28.8 Å². The fourth-order valence-electron chi connectivity index (χ4n) is 3.15. The zero-order valence-electron chi connectivity index (χ0n) is 17.7. The van der Waals surface area contributed by atoms with Gasteiger partial charge in [0.2, 0.25) is 5.91 Å². The Bertz CT molecular complexity index is 1090. The van der Waals surface area contributed by atoms with Crippen molar-refractivity contribution in [3.05, 3.63) is 52.3 Å². The van der Waals surface area contributed by atoms with Crippen molar-refractivity contribution in [3.63, 3.8) is 0 Å². The van der Waals surface area contributed by atoms with Crippen LogP contribution in [0, 0.1) is 20.8 Å². The van der Waals surface area contributed by atoms with E-state index in [2.05, 4.69) is 15.5 Å². The van der Waals surface area contributed by atoms with E-state index in [4.69, 9.17) is 4.52 Å². The first-order valence-electron chi connectivity index (χ1n) is 9.57. The van der Waals surface area contributed by atoms with Crippen molar-refractivity contribution in [3.8, 4) is 0 Å². The molecule has 152 valence electrons. The molecule has 1 N–H and O–H groups in total. The maximum absolute atomic E-state index is 13.1. The highest BCUT2D eigenvalue weighted by molar-refractivity contribution is 6.07. The summed E-state index contributed by atoms with van der Waals surface area (Å²) in [7, 11) is 1.61. The van der Waals surface area contributed by atoms with Gasteiger partial charge in [0.05, 0.1) is 23.2 Å². The second kappa shape index (κ2) is 8.03. The molecular weight excluding hydrogens is 368 g/mol. The lowest BCUT2D eigenvalue weighted by atomic mass is 10.0. The fourth-order valence-corrected chi connectivity index (χ4v) is 3.15. The van der Waals surface area contributed by atoms with Gasteiger partial charge in [0.1, 0.15) is 0 Å². The Kier molecular flexibility index (Phi) is 5.68. The zero-order valence-corrected chi connectivity index (χ0v) is 17.7. The first-order chi connectivity index (χ1) is 13.7. The Morgan fingerprint density at radius 2 is 1.93 bits per heavy atom. The summed E-state index contributed by atoms with van der Waals surface area (Å²) in [5.74, 6) is -0.415. The van der Waals surface area contributed by atoms with E-state index in [0.717, 1.165) is 22.5 Å². The maximum atomic E-state index is 13.1. The zero-order chi connectivity index (χ0) is 21.3. The van der Waals surface area contributed by atoms with Crippen molar-refractivity contribution in [2.24, 2.45) is 0 Å². The van der Waals surface area contributed by atoms with Crippen molar-refractivity contribution in [2.75, 3.05) is 18.9 Å². The van der Waals surface area contributed by atoms with Gasteiger partial charge in [-0.2, -0.15) is 0 Å². The Hall–Kier alpha value is -3.22. The lowest BCUT2D eigenvalue weighted by Gasteiger charge is -2.19. The number of anilines is 1. The van der Waals surface area contributed by atoms with Gasteiger partial charge >= 0.3 is 0 Å². The minimum absolute atomic E-state index is 0.0721. The van der Waals surface area contributed by atoms with Crippen LogP contribution in [0.4, 0.5) is 5.69 Å². The molecular formula is C22H26N4O3. The van der Waals surface area contributed by atoms with Gasteiger partial charge in [0.25, 0.3) is 11.6 Å². The molecule has 3 rings (SSSR count). The van der Waals surface area contributed by atoms with Gasteiger partial charge in [0, 0.05) is 18.4 Å². The lowest BCUT2D eigenvalue weighted by Crippen LogP contribution is -2.35. The van der Waals surface area contributed by atoms with E-state index in [9.17, 15) is 9.59 Å². The van der Waals surface area contributed by atoms with E-state index < -0.39 is 0 Å². The summed E-state index contributed by atoms with van der Waals surface area (Å²) in [5.41, 5.74) is 4.97. The third kappa shape index (κ3) is 4.13. The van der Waals surface area contributed by atoms with Crippen molar-refractivity contribution in [2.45, 2.75) is 40.5 Å². The number of nitrogens with one attached hydrogen (secondary N) is 1. The molecule has 0 saturated heterocycles. The average Bonchev–Trinajstić information content (AvgIpc) is 3.05. The van der Waals surface area contributed by atoms with E-state index in [-0.39, 0.29) is 24.3 Å². The van der Waals surface area contributed by atoms with E-state index in [1.807, 2.05) is 45.9 Å². The number of aryl methyl sites for hydroxylation is 2. The molecule has 2 heterocycles. The van der Waals surface area contributed by atoms with Crippen molar-refractivity contribution >= 4 is 28.6 Å². The summed E-state index contributed by atoms with van der Waals surface area (Å²) in [6.45, 7) is 9.63. The number of fused-ring (bicyclic) bond motifs is 1. The maximum Gasteiger partial charge on any atom is 0.259 e. The SMILES string of the molecule is Cc1cccc(NC(=O)CN(C)C(=O)c2cc(C(C)C)nc3onc(C)c23)c1C. The Morgan fingerprint density at radius 1 is 1.21 bits per heavy atom. The van der Waals surface area contributed by atoms with Crippen LogP contribution in [0.3, 0.4) is 0 Å². The van der Waals surface area contributed by atoms with Crippen LogP contribution >= 0.6 is 0 Å². The molecule has 2 amide bonds. The topological polar surface area (TPSA) is 88.3 Å². The standard InChI is InChI=1S/C22H26N4O3/c1-12(2)18-10-16(20-15(5)25-29-21(20)24-18)22(28)26(6)11-19(27)23-17-9-7-8-13(3)14(17)4/h7-10,12H,11H2,1-6H3,(H,23,27). The highest BCUT2D eigenvalue weighted by atomic mass is 16.5. The number of aromatic nitrogens is 2. The minimum Gasteiger partial charge on any atom is -0.336 e. The molecule has 0 spiro atoms. The van der Waals surface area contributed by atoms with Gasteiger partial charge in [-0.1, -0.05) is 31.1 Å². The van der Waals surface area contributed by atoms with Gasteiger partial charge in [-0.3, -0.25) is 9.59 Å². The van der Waals surface area contributed by atoms with Gasteiger partial charge in [0.15, 0.2) is 0 Å². The Morgan fingerprint density at radius 3 is 2.62 bits per heavy atom. The highest BCUT2D eigenvalue weighted by Gasteiger charge is 2.23. The summed E-state index contributed by atoms with van der Waals surface area (Å²) in [6.07, 6.45) is 0. The van der Waals surface area contributed by atoms with Gasteiger partial charge in [-0.25, -0.2) is 4.98 Å². The van der Waals surface area contributed by atoms with Crippen molar-refractivity contribution in [1.29, 1.82) is 0 Å². The summed E-state index contributed by atoms with van der Waals surface area (Å²) in [5, 5.41) is 7.42. The summed E-state index contributed by atoms with van der Waals surface area (Å²) < 4.78 is 5.28. The van der Waals surface area contributed by atoms with Crippen LogP contribution < -0.4 is 5.32 Å². The Balaban J connectivity index is 1.84. The molecule has 1 aromatic carbocycles. The van der Waals surface area contributed by atoms with Gasteiger partial charge < -0.3 is 14.7 Å². The molecule has 7 nitrogen and oxygen atoms in total. The summed E-state index contributed by atoms with van der Waals surface area (Å²) in [4.78, 5) is 31.5. The second-order valence-electron chi connectivity index (χ2n) is 7.65. The van der Waals surface area contributed by atoms with Crippen LogP contribution in [0.2, 0.25) is 0 Å². The molecule has 0 fully saturated rings. The highest BCUT2D eigenvalue weighted by Crippen LogP contribution is 2.26. The number of carbonyl (C=O) groups excluding carboxylic acids is 2. The number of hydrogen-bond donors (Lipinski definition) is 1. The number of likely N-dealkylation sites (N-methyl/N-ethyl adjacent to an activating group) is 1. The first-order valence-corrected chi connectivity index (χ1v) is 9.57. The molecule has 0 saturated carbocycles. The van der Waals surface area contributed by atoms with Crippen LogP contribution in [-0.4, -0.2) is 40.4 Å². The minimum atomic E-state index is -0.276.